The van der Waals surface area contributed by atoms with Crippen LogP contribution in [0.3, 0.4) is 0 Å². The number of nitrogens with zero attached hydrogens (tertiary/aromatic N) is 1. The largest absolute Gasteiger partial charge is 0.492 e. The average molecular weight is 350 g/mol. The zero-order chi connectivity index (χ0) is 14.9. The second-order valence-electron chi connectivity index (χ2n) is 4.79. The summed E-state index contributed by atoms with van der Waals surface area (Å²) >= 11 is 3.40. The molecular weight excluding hydrogens is 330 g/mol. The van der Waals surface area contributed by atoms with Crippen molar-refractivity contribution in [3.05, 3.63) is 64.6 Å². The molecule has 0 fully saturated rings. The van der Waals surface area contributed by atoms with Gasteiger partial charge in [-0.15, -0.1) is 0 Å². The number of hydrogen-bond donors (Lipinski definition) is 1. The van der Waals surface area contributed by atoms with Crippen LogP contribution < -0.4 is 4.74 Å². The smallest absolute Gasteiger partial charge is 0.119 e. The highest BCUT2D eigenvalue weighted by molar-refractivity contribution is 9.10. The second kappa shape index (κ2) is 8.82. The Balaban J connectivity index is 1.81. The lowest BCUT2D eigenvalue weighted by molar-refractivity contribution is 0.163. The standard InChI is InChI=1S/C17H20BrNO2/c18-16-6-8-17(9-7-16)21-13-11-19(10-12-20)14-15-4-2-1-3-5-15/h1-9,20H,10-14H2. The summed E-state index contributed by atoms with van der Waals surface area (Å²) in [7, 11) is 0. The molecule has 0 aliphatic rings. The van der Waals surface area contributed by atoms with E-state index in [1.807, 2.05) is 42.5 Å². The molecule has 0 radical (unpaired) electrons. The molecule has 1 N–H and O–H groups in total. The maximum Gasteiger partial charge on any atom is 0.119 e. The third-order valence-electron chi connectivity index (χ3n) is 3.16. The van der Waals surface area contributed by atoms with Gasteiger partial charge in [-0.1, -0.05) is 46.3 Å². The minimum absolute atomic E-state index is 0.158. The third-order valence-corrected chi connectivity index (χ3v) is 3.68. The summed E-state index contributed by atoms with van der Waals surface area (Å²) in [5.74, 6) is 0.863. The zero-order valence-corrected chi connectivity index (χ0v) is 13.5. The van der Waals surface area contributed by atoms with Crippen molar-refractivity contribution in [2.24, 2.45) is 0 Å². The summed E-state index contributed by atoms with van der Waals surface area (Å²) in [6.07, 6.45) is 0. The molecule has 2 aromatic carbocycles. The topological polar surface area (TPSA) is 32.7 Å². The van der Waals surface area contributed by atoms with Crippen molar-refractivity contribution in [1.29, 1.82) is 0 Å². The zero-order valence-electron chi connectivity index (χ0n) is 11.9. The maximum atomic E-state index is 9.17. The molecule has 0 aromatic heterocycles. The Kier molecular flexibility index (Phi) is 6.73. The van der Waals surface area contributed by atoms with Gasteiger partial charge in [0.15, 0.2) is 0 Å². The number of halogens is 1. The van der Waals surface area contributed by atoms with Gasteiger partial charge < -0.3 is 9.84 Å². The van der Waals surface area contributed by atoms with E-state index in [4.69, 9.17) is 4.74 Å². The molecule has 0 atom stereocenters. The molecule has 21 heavy (non-hydrogen) atoms. The van der Waals surface area contributed by atoms with Crippen LogP contribution >= 0.6 is 15.9 Å². The summed E-state index contributed by atoms with van der Waals surface area (Å²) in [6, 6.07) is 18.1. The van der Waals surface area contributed by atoms with Gasteiger partial charge in [0.05, 0.1) is 6.61 Å². The Morgan fingerprint density at radius 3 is 2.33 bits per heavy atom. The first-order valence-corrected chi connectivity index (χ1v) is 7.83. The van der Waals surface area contributed by atoms with Gasteiger partial charge in [0.1, 0.15) is 12.4 Å². The van der Waals surface area contributed by atoms with Crippen molar-refractivity contribution < 1.29 is 9.84 Å². The summed E-state index contributed by atoms with van der Waals surface area (Å²) in [6.45, 7) is 3.02. The monoisotopic (exact) mass is 349 g/mol. The molecule has 0 unspecified atom stereocenters. The van der Waals surface area contributed by atoms with Crippen molar-refractivity contribution in [3.8, 4) is 5.75 Å². The van der Waals surface area contributed by atoms with Crippen LogP contribution in [0.4, 0.5) is 0 Å². The van der Waals surface area contributed by atoms with E-state index in [2.05, 4.69) is 33.0 Å². The minimum atomic E-state index is 0.158. The van der Waals surface area contributed by atoms with E-state index in [1.165, 1.54) is 5.56 Å². The Bertz CT molecular complexity index is 516. The van der Waals surface area contributed by atoms with E-state index in [0.717, 1.165) is 23.3 Å². The van der Waals surface area contributed by atoms with E-state index in [0.29, 0.717) is 13.2 Å². The molecule has 0 saturated heterocycles. The molecule has 0 aliphatic heterocycles. The van der Waals surface area contributed by atoms with Gasteiger partial charge >= 0.3 is 0 Å². The van der Waals surface area contributed by atoms with Gasteiger partial charge in [-0.3, -0.25) is 4.90 Å². The predicted molar refractivity (Wildman–Crippen MR) is 88.4 cm³/mol. The molecule has 0 spiro atoms. The lowest BCUT2D eigenvalue weighted by atomic mass is 10.2. The molecule has 3 nitrogen and oxygen atoms in total. The summed E-state index contributed by atoms with van der Waals surface area (Å²) in [4.78, 5) is 2.19. The van der Waals surface area contributed by atoms with E-state index >= 15 is 0 Å². The van der Waals surface area contributed by atoms with E-state index in [9.17, 15) is 5.11 Å². The van der Waals surface area contributed by atoms with Gasteiger partial charge in [-0.2, -0.15) is 0 Å². The van der Waals surface area contributed by atoms with Crippen LogP contribution in [-0.4, -0.2) is 36.3 Å². The Morgan fingerprint density at radius 2 is 1.67 bits per heavy atom. The molecule has 2 aromatic rings. The number of rotatable bonds is 8. The van der Waals surface area contributed by atoms with Gasteiger partial charge in [0.2, 0.25) is 0 Å². The Hall–Kier alpha value is -1.36. The number of benzene rings is 2. The molecule has 0 bridgehead atoms. The highest BCUT2D eigenvalue weighted by Gasteiger charge is 2.05. The first-order valence-electron chi connectivity index (χ1n) is 7.03. The molecule has 2 rings (SSSR count). The minimum Gasteiger partial charge on any atom is -0.492 e. The fraction of sp³-hybridized carbons (Fsp3) is 0.294. The molecular formula is C17H20BrNO2. The number of aliphatic hydroxyl groups is 1. The van der Waals surface area contributed by atoms with Crippen LogP contribution in [0.5, 0.6) is 5.75 Å². The van der Waals surface area contributed by atoms with Crippen molar-refractivity contribution in [1.82, 2.24) is 4.90 Å². The molecule has 112 valence electrons. The molecule has 0 aliphatic carbocycles. The van der Waals surface area contributed by atoms with Crippen molar-refractivity contribution in [2.45, 2.75) is 6.54 Å². The molecule has 4 heteroatoms. The van der Waals surface area contributed by atoms with E-state index < -0.39 is 0 Å². The van der Waals surface area contributed by atoms with Crippen molar-refractivity contribution >= 4 is 15.9 Å². The third kappa shape index (κ3) is 5.87. The quantitative estimate of drug-likeness (QED) is 0.793. The van der Waals surface area contributed by atoms with Gasteiger partial charge in [0.25, 0.3) is 0 Å². The van der Waals surface area contributed by atoms with Crippen molar-refractivity contribution in [2.75, 3.05) is 26.3 Å². The summed E-state index contributed by atoms with van der Waals surface area (Å²) in [5.41, 5.74) is 1.24. The van der Waals surface area contributed by atoms with Crippen LogP contribution in [0.1, 0.15) is 5.56 Å². The van der Waals surface area contributed by atoms with E-state index in [1.54, 1.807) is 0 Å². The van der Waals surface area contributed by atoms with Crippen LogP contribution in [0, 0.1) is 0 Å². The predicted octanol–water partition coefficient (Wildman–Crippen LogP) is 3.32. The fourth-order valence-electron chi connectivity index (χ4n) is 2.08. The molecule has 0 amide bonds. The van der Waals surface area contributed by atoms with Gasteiger partial charge in [0, 0.05) is 24.1 Å². The highest BCUT2D eigenvalue weighted by atomic mass is 79.9. The van der Waals surface area contributed by atoms with Crippen molar-refractivity contribution in [3.63, 3.8) is 0 Å². The SMILES string of the molecule is OCCN(CCOc1ccc(Br)cc1)Cc1ccccc1. The lowest BCUT2D eigenvalue weighted by Crippen LogP contribution is -2.30. The Morgan fingerprint density at radius 1 is 0.952 bits per heavy atom. The van der Waals surface area contributed by atoms with Crippen LogP contribution in [0.25, 0.3) is 0 Å². The van der Waals surface area contributed by atoms with Gasteiger partial charge in [-0.05, 0) is 29.8 Å². The second-order valence-corrected chi connectivity index (χ2v) is 5.70. The Labute approximate surface area is 134 Å². The first kappa shape index (κ1) is 16.0. The highest BCUT2D eigenvalue weighted by Crippen LogP contribution is 2.16. The number of ether oxygens (including phenoxy) is 1. The molecule has 0 heterocycles. The van der Waals surface area contributed by atoms with E-state index in [-0.39, 0.29) is 6.61 Å². The maximum absolute atomic E-state index is 9.17. The van der Waals surface area contributed by atoms with Crippen LogP contribution in [0.2, 0.25) is 0 Å². The van der Waals surface area contributed by atoms with Crippen LogP contribution in [-0.2, 0) is 6.54 Å². The van der Waals surface area contributed by atoms with Crippen LogP contribution in [0.15, 0.2) is 59.1 Å². The van der Waals surface area contributed by atoms with Gasteiger partial charge in [-0.25, -0.2) is 0 Å². The number of hydrogen-bond acceptors (Lipinski definition) is 3. The first-order chi connectivity index (χ1) is 10.3. The normalized spacial score (nSPS) is 10.8. The molecule has 0 saturated carbocycles. The average Bonchev–Trinajstić information content (AvgIpc) is 2.50. The summed E-state index contributed by atoms with van der Waals surface area (Å²) < 4.78 is 6.77. The number of aliphatic hydroxyl groups excluding tert-OH is 1. The fourth-order valence-corrected chi connectivity index (χ4v) is 2.34. The lowest BCUT2D eigenvalue weighted by Gasteiger charge is -2.21. The summed E-state index contributed by atoms with van der Waals surface area (Å²) in [5, 5.41) is 9.17.